The Labute approximate surface area is 289 Å². The van der Waals surface area contributed by atoms with E-state index in [-0.39, 0.29) is 0 Å². The van der Waals surface area contributed by atoms with Crippen molar-refractivity contribution in [3.8, 4) is 0 Å². The number of halogens is 16. The van der Waals surface area contributed by atoms with Gasteiger partial charge in [0, 0.05) is 0 Å². The van der Waals surface area contributed by atoms with Crippen LogP contribution in [0.15, 0.2) is 91.0 Å². The van der Waals surface area contributed by atoms with E-state index in [0.29, 0.717) is 0 Å². The second kappa shape index (κ2) is 26.1. The molecule has 0 aliphatic rings. The Balaban J connectivity index is 0. The maximum atomic E-state index is 9.75. The van der Waals surface area contributed by atoms with Crippen LogP contribution in [0.2, 0.25) is 0 Å². The largest absolute Gasteiger partial charge is 0.673 e. The minimum atomic E-state index is -6.00. The maximum absolute atomic E-state index is 9.75. The molecule has 3 aromatic carbocycles. The molecule has 0 aliphatic heterocycles. The van der Waals surface area contributed by atoms with E-state index in [9.17, 15) is 69.1 Å². The molecule has 21 heteroatoms. The van der Waals surface area contributed by atoms with Crippen molar-refractivity contribution in [2.24, 2.45) is 0 Å². The van der Waals surface area contributed by atoms with Crippen LogP contribution in [0.5, 0.6) is 0 Å². The van der Waals surface area contributed by atoms with Gasteiger partial charge in [0.15, 0.2) is 0 Å². The van der Waals surface area contributed by atoms with E-state index >= 15 is 0 Å². The van der Waals surface area contributed by atoms with Crippen molar-refractivity contribution in [1.82, 2.24) is 0 Å². The van der Waals surface area contributed by atoms with Gasteiger partial charge in [0.25, 0.3) is 0 Å². The molecule has 292 valence electrons. The first kappa shape index (κ1) is 50.3. The summed E-state index contributed by atoms with van der Waals surface area (Å²) >= 11 is 0. The fourth-order valence-electron chi connectivity index (χ4n) is 4.72. The van der Waals surface area contributed by atoms with E-state index in [1.54, 1.807) is 0 Å². The fourth-order valence-corrected chi connectivity index (χ4v) is 9.13. The lowest BCUT2D eigenvalue weighted by Crippen LogP contribution is -2.33. The van der Waals surface area contributed by atoms with Crippen LogP contribution in [-0.4, -0.2) is 35.2 Å². The number of unbranched alkanes of at least 4 members (excludes halogenated alkanes) is 9. The lowest BCUT2D eigenvalue weighted by atomic mass is 10.1. The number of hydrogen-bond donors (Lipinski definition) is 0. The molecule has 0 radical (unpaired) electrons. The molecule has 3 aromatic rings. The predicted octanol–water partition coefficient (Wildman–Crippen LogP) is 13.1. The van der Waals surface area contributed by atoms with Gasteiger partial charge in [-0.3, -0.25) is 0 Å². The Morgan fingerprint density at radius 3 is 0.745 bits per heavy atom. The monoisotopic (exact) mass is 779 g/mol. The summed E-state index contributed by atoms with van der Waals surface area (Å²) in [4.78, 5) is 0. The van der Waals surface area contributed by atoms with Gasteiger partial charge in [0.05, 0.1) is 6.16 Å². The van der Waals surface area contributed by atoms with Crippen LogP contribution in [0.3, 0.4) is 0 Å². The maximum Gasteiger partial charge on any atom is 0.673 e. The normalized spacial score (nSPS) is 11.7. The highest BCUT2D eigenvalue weighted by molar-refractivity contribution is 7.95. The fraction of sp³-hybridized carbons (Fsp3) is 0.400. The molecule has 0 N–H and O–H groups in total. The van der Waals surface area contributed by atoms with E-state index in [4.69, 9.17) is 0 Å². The lowest BCUT2D eigenvalue weighted by Gasteiger charge is -2.27. The Hall–Kier alpha value is -2.77. The molecule has 0 heterocycles. The summed E-state index contributed by atoms with van der Waals surface area (Å²) < 4.78 is 156. The first-order valence-electron chi connectivity index (χ1n) is 15.9. The minimum Gasteiger partial charge on any atom is -0.418 e. The number of rotatable bonds is 14. The second-order valence-corrected chi connectivity index (χ2v) is 14.3. The van der Waals surface area contributed by atoms with Gasteiger partial charge < -0.3 is 69.1 Å². The molecule has 0 saturated carbocycles. The molecule has 0 fully saturated rings. The first-order chi connectivity index (χ1) is 23.4. The summed E-state index contributed by atoms with van der Waals surface area (Å²) in [5.74, 6) is 0. The van der Waals surface area contributed by atoms with Crippen LogP contribution in [0.4, 0.5) is 69.1 Å². The summed E-state index contributed by atoms with van der Waals surface area (Å²) in [6, 6.07) is 33.9. The summed E-state index contributed by atoms with van der Waals surface area (Å²) in [5.41, 5.74) is 0. The molecule has 0 aliphatic carbocycles. The lowest BCUT2D eigenvalue weighted by molar-refractivity contribution is 0.366. The Morgan fingerprint density at radius 1 is 0.333 bits per heavy atom. The summed E-state index contributed by atoms with van der Waals surface area (Å²) in [5, 5.41) is 4.55. The molecule has 0 atom stereocenters. The molecule has 0 bridgehead atoms. The number of hydrogen-bond acceptors (Lipinski definition) is 0. The molecule has 0 saturated heterocycles. The molecule has 0 aromatic heterocycles. The van der Waals surface area contributed by atoms with Gasteiger partial charge in [-0.1, -0.05) is 113 Å². The quantitative estimate of drug-likeness (QED) is 0.0662. The van der Waals surface area contributed by atoms with Crippen molar-refractivity contribution >= 4 is 52.2 Å². The zero-order valence-electron chi connectivity index (χ0n) is 27.7. The Bertz CT molecular complexity index is 1060. The average molecular weight is 779 g/mol. The molecular formula is C30H40B4F16P-3. The van der Waals surface area contributed by atoms with Crippen molar-refractivity contribution in [2.45, 2.75) is 71.1 Å². The number of benzene rings is 3. The van der Waals surface area contributed by atoms with Crippen molar-refractivity contribution in [3.05, 3.63) is 91.0 Å². The molecule has 0 nitrogen and oxygen atoms in total. The van der Waals surface area contributed by atoms with Crippen LogP contribution in [0.25, 0.3) is 0 Å². The predicted molar refractivity (Wildman–Crippen MR) is 183 cm³/mol. The van der Waals surface area contributed by atoms with Gasteiger partial charge in [0.2, 0.25) is 0 Å². The third-order valence-corrected chi connectivity index (χ3v) is 11.0. The zero-order chi connectivity index (χ0) is 39.6. The molecule has 51 heavy (non-hydrogen) atoms. The highest BCUT2D eigenvalue weighted by atomic mass is 31.2. The van der Waals surface area contributed by atoms with E-state index in [2.05, 4.69) is 97.9 Å². The summed E-state index contributed by atoms with van der Waals surface area (Å²) in [6.45, 7) is 2.29. The van der Waals surface area contributed by atoms with Gasteiger partial charge in [-0.15, -0.1) is 0 Å². The first-order valence-corrected chi connectivity index (χ1v) is 17.9. The van der Waals surface area contributed by atoms with E-state index in [1.807, 2.05) is 0 Å². The van der Waals surface area contributed by atoms with Crippen molar-refractivity contribution < 1.29 is 69.1 Å². The van der Waals surface area contributed by atoms with Crippen LogP contribution >= 0.6 is 7.26 Å². The van der Waals surface area contributed by atoms with Gasteiger partial charge >= 0.3 is 29.0 Å². The van der Waals surface area contributed by atoms with Crippen LogP contribution in [0.1, 0.15) is 71.1 Å². The molecule has 3 rings (SSSR count). The van der Waals surface area contributed by atoms with E-state index in [1.165, 1.54) is 86.3 Å². The molecule has 0 amide bonds. The average Bonchev–Trinajstić information content (AvgIpc) is 2.98. The smallest absolute Gasteiger partial charge is 0.418 e. The second-order valence-electron chi connectivity index (χ2n) is 10.7. The third-order valence-electron chi connectivity index (χ3n) is 6.44. The van der Waals surface area contributed by atoms with E-state index < -0.39 is 36.3 Å². The van der Waals surface area contributed by atoms with Gasteiger partial charge in [0.1, 0.15) is 23.2 Å². The summed E-state index contributed by atoms with van der Waals surface area (Å²) in [6.07, 6.45) is 15.2. The highest BCUT2D eigenvalue weighted by Crippen LogP contribution is 2.56. The van der Waals surface area contributed by atoms with E-state index in [0.717, 1.165) is 0 Å². The van der Waals surface area contributed by atoms with Crippen LogP contribution in [-0.2, 0) is 0 Å². The van der Waals surface area contributed by atoms with Gasteiger partial charge in [-0.2, -0.15) is 0 Å². The Morgan fingerprint density at radius 2 is 0.529 bits per heavy atom. The zero-order valence-corrected chi connectivity index (χ0v) is 28.6. The SMILES string of the molecule is CCCCCCCCCCCC[P+](c1ccccc1)(c1ccccc1)c1ccccc1.F[B-](F)(F)F.F[B-](F)(F)F.F[B-](F)(F)F.F[B-](F)(F)F. The Kier molecular flexibility index (Phi) is 25.7. The van der Waals surface area contributed by atoms with Gasteiger partial charge in [-0.05, 0) is 49.2 Å². The van der Waals surface area contributed by atoms with Crippen LogP contribution < -0.4 is 15.9 Å². The minimum absolute atomic E-state index is 1.27. The van der Waals surface area contributed by atoms with Gasteiger partial charge in [-0.25, -0.2) is 0 Å². The third kappa shape index (κ3) is 35.4. The molecule has 0 unspecified atom stereocenters. The van der Waals surface area contributed by atoms with Crippen molar-refractivity contribution in [2.75, 3.05) is 6.16 Å². The highest BCUT2D eigenvalue weighted by Gasteiger charge is 2.44. The molecular weight excluding hydrogens is 739 g/mol. The van der Waals surface area contributed by atoms with Crippen LogP contribution in [0, 0.1) is 0 Å². The molecule has 0 spiro atoms. The van der Waals surface area contributed by atoms with Crippen molar-refractivity contribution in [1.29, 1.82) is 0 Å². The standard InChI is InChI=1S/C30H40P.4BF4/c1-2-3-4-5-6-7-8-9-10-20-27-31(28-21-14-11-15-22-28,29-23-16-12-17-24-29)30-25-18-13-19-26-30;4*2-1(3,4)5/h11-19,21-26H,2-10,20,27H2,1H3;;;;/q+1;4*-1. The van der Waals surface area contributed by atoms with Crippen molar-refractivity contribution in [3.63, 3.8) is 0 Å². The summed E-state index contributed by atoms with van der Waals surface area (Å²) in [7, 11) is -25.6. The topological polar surface area (TPSA) is 0 Å².